The first-order chi connectivity index (χ1) is 6.24. The number of ether oxygens (including phenoxy) is 1. The van der Waals surface area contributed by atoms with Crippen molar-refractivity contribution < 1.29 is 14.6 Å². The number of nitrogens with two attached hydrogens (primary N) is 1. The fraction of sp³-hybridized carbons (Fsp3) is 0.875. The SMILES string of the molecule is NC(CO)C(=O)NC1CCOCC1. The molecule has 5 nitrogen and oxygen atoms in total. The van der Waals surface area contributed by atoms with Crippen molar-refractivity contribution in [3.63, 3.8) is 0 Å². The third-order valence-corrected chi connectivity index (χ3v) is 2.10. The van der Waals surface area contributed by atoms with Crippen LogP contribution in [-0.2, 0) is 9.53 Å². The van der Waals surface area contributed by atoms with Gasteiger partial charge in [-0.2, -0.15) is 0 Å². The molecule has 1 aliphatic heterocycles. The summed E-state index contributed by atoms with van der Waals surface area (Å²) in [5.41, 5.74) is 5.34. The zero-order valence-electron chi connectivity index (χ0n) is 7.53. The molecule has 0 aromatic rings. The predicted molar refractivity (Wildman–Crippen MR) is 47.0 cm³/mol. The number of nitrogens with one attached hydrogen (secondary N) is 1. The molecule has 1 amide bonds. The second-order valence-electron chi connectivity index (χ2n) is 3.18. The number of aliphatic hydroxyl groups excluding tert-OH is 1. The summed E-state index contributed by atoms with van der Waals surface area (Å²) in [6.07, 6.45) is 1.65. The number of hydrogen-bond acceptors (Lipinski definition) is 4. The highest BCUT2D eigenvalue weighted by Crippen LogP contribution is 2.05. The van der Waals surface area contributed by atoms with E-state index in [2.05, 4.69) is 5.32 Å². The van der Waals surface area contributed by atoms with Crippen molar-refractivity contribution in [2.45, 2.75) is 24.9 Å². The third-order valence-electron chi connectivity index (χ3n) is 2.10. The average molecular weight is 188 g/mol. The van der Waals surface area contributed by atoms with E-state index in [0.29, 0.717) is 13.2 Å². The molecule has 5 heteroatoms. The number of rotatable bonds is 3. The molecule has 0 aromatic carbocycles. The topological polar surface area (TPSA) is 84.6 Å². The molecule has 0 bridgehead atoms. The van der Waals surface area contributed by atoms with Crippen LogP contribution in [0.25, 0.3) is 0 Å². The van der Waals surface area contributed by atoms with Crippen LogP contribution in [0, 0.1) is 0 Å². The van der Waals surface area contributed by atoms with Crippen LogP contribution in [0.15, 0.2) is 0 Å². The summed E-state index contributed by atoms with van der Waals surface area (Å²) in [6.45, 7) is 1.05. The Labute approximate surface area is 77.2 Å². The first-order valence-electron chi connectivity index (χ1n) is 4.48. The van der Waals surface area contributed by atoms with Gasteiger partial charge in [-0.1, -0.05) is 0 Å². The summed E-state index contributed by atoms with van der Waals surface area (Å²) >= 11 is 0. The van der Waals surface area contributed by atoms with Gasteiger partial charge >= 0.3 is 0 Å². The lowest BCUT2D eigenvalue weighted by molar-refractivity contribution is -0.124. The van der Waals surface area contributed by atoms with Crippen molar-refractivity contribution in [2.24, 2.45) is 5.73 Å². The fourth-order valence-corrected chi connectivity index (χ4v) is 1.23. The summed E-state index contributed by atoms with van der Waals surface area (Å²) in [7, 11) is 0. The lowest BCUT2D eigenvalue weighted by Crippen LogP contribution is -2.48. The quantitative estimate of drug-likeness (QED) is 0.508. The Morgan fingerprint density at radius 1 is 1.62 bits per heavy atom. The Kier molecular flexibility index (Phi) is 4.14. The van der Waals surface area contributed by atoms with Crippen LogP contribution >= 0.6 is 0 Å². The maximum Gasteiger partial charge on any atom is 0.239 e. The molecule has 0 aliphatic carbocycles. The normalized spacial score (nSPS) is 21.1. The summed E-state index contributed by atoms with van der Waals surface area (Å²) in [4.78, 5) is 11.2. The van der Waals surface area contributed by atoms with Gasteiger partial charge < -0.3 is 20.9 Å². The smallest absolute Gasteiger partial charge is 0.239 e. The van der Waals surface area contributed by atoms with Crippen LogP contribution in [0.3, 0.4) is 0 Å². The first kappa shape index (κ1) is 10.4. The van der Waals surface area contributed by atoms with Gasteiger partial charge in [0.15, 0.2) is 0 Å². The van der Waals surface area contributed by atoms with E-state index in [-0.39, 0.29) is 18.6 Å². The van der Waals surface area contributed by atoms with E-state index >= 15 is 0 Å². The van der Waals surface area contributed by atoms with E-state index in [1.165, 1.54) is 0 Å². The standard InChI is InChI=1S/C8H16N2O3/c9-7(5-11)8(12)10-6-1-3-13-4-2-6/h6-7,11H,1-5,9H2,(H,10,12). The molecule has 1 unspecified atom stereocenters. The second-order valence-corrected chi connectivity index (χ2v) is 3.18. The van der Waals surface area contributed by atoms with E-state index in [4.69, 9.17) is 15.6 Å². The number of carbonyl (C=O) groups is 1. The molecular weight excluding hydrogens is 172 g/mol. The van der Waals surface area contributed by atoms with Crippen LogP contribution in [0.1, 0.15) is 12.8 Å². The van der Waals surface area contributed by atoms with E-state index in [9.17, 15) is 4.79 Å². The number of carbonyl (C=O) groups excluding carboxylic acids is 1. The van der Waals surface area contributed by atoms with Gasteiger partial charge in [0.2, 0.25) is 5.91 Å². The van der Waals surface area contributed by atoms with Crippen LogP contribution in [-0.4, -0.2) is 42.9 Å². The Bertz CT molecular complexity index is 169. The average Bonchev–Trinajstić information content (AvgIpc) is 2.18. The molecule has 1 aliphatic rings. The van der Waals surface area contributed by atoms with Gasteiger partial charge in [0.05, 0.1) is 6.61 Å². The Hall–Kier alpha value is -0.650. The highest BCUT2D eigenvalue weighted by molar-refractivity contribution is 5.81. The van der Waals surface area contributed by atoms with Crippen molar-refractivity contribution >= 4 is 5.91 Å². The zero-order chi connectivity index (χ0) is 9.68. The number of amides is 1. The second kappa shape index (κ2) is 5.16. The highest BCUT2D eigenvalue weighted by atomic mass is 16.5. The molecule has 76 valence electrons. The Morgan fingerprint density at radius 2 is 2.23 bits per heavy atom. The van der Waals surface area contributed by atoms with E-state index in [1.54, 1.807) is 0 Å². The van der Waals surface area contributed by atoms with Gasteiger partial charge in [-0.05, 0) is 12.8 Å². The van der Waals surface area contributed by atoms with Gasteiger partial charge in [-0.15, -0.1) is 0 Å². The number of hydrogen-bond donors (Lipinski definition) is 3. The third kappa shape index (κ3) is 3.30. The summed E-state index contributed by atoms with van der Waals surface area (Å²) in [5, 5.41) is 11.4. The van der Waals surface area contributed by atoms with E-state index < -0.39 is 6.04 Å². The molecule has 4 N–H and O–H groups in total. The Balaban J connectivity index is 2.26. The monoisotopic (exact) mass is 188 g/mol. The van der Waals surface area contributed by atoms with Crippen molar-refractivity contribution in [3.8, 4) is 0 Å². The molecule has 1 saturated heterocycles. The van der Waals surface area contributed by atoms with Crippen LogP contribution < -0.4 is 11.1 Å². The minimum absolute atomic E-state index is 0.152. The van der Waals surface area contributed by atoms with E-state index in [0.717, 1.165) is 12.8 Å². The van der Waals surface area contributed by atoms with Gasteiger partial charge in [0, 0.05) is 19.3 Å². The van der Waals surface area contributed by atoms with Crippen LogP contribution in [0.2, 0.25) is 0 Å². The van der Waals surface area contributed by atoms with Gasteiger partial charge in [0.1, 0.15) is 6.04 Å². The van der Waals surface area contributed by atoms with Crippen molar-refractivity contribution in [2.75, 3.05) is 19.8 Å². The molecule has 0 aromatic heterocycles. The van der Waals surface area contributed by atoms with Gasteiger partial charge in [0.25, 0.3) is 0 Å². The minimum Gasteiger partial charge on any atom is -0.394 e. The Morgan fingerprint density at radius 3 is 2.77 bits per heavy atom. The molecular formula is C8H16N2O3. The maximum atomic E-state index is 11.2. The maximum absolute atomic E-state index is 11.2. The fourth-order valence-electron chi connectivity index (χ4n) is 1.23. The minimum atomic E-state index is -0.803. The zero-order valence-corrected chi connectivity index (χ0v) is 7.53. The number of aliphatic hydroxyl groups is 1. The molecule has 1 rings (SSSR count). The predicted octanol–water partition coefficient (Wildman–Crippen LogP) is -1.40. The summed E-state index contributed by atoms with van der Waals surface area (Å²) in [6, 6.07) is -0.651. The van der Waals surface area contributed by atoms with Gasteiger partial charge in [-0.25, -0.2) is 0 Å². The molecule has 0 saturated carbocycles. The summed E-state index contributed by atoms with van der Waals surface area (Å²) < 4.78 is 5.14. The van der Waals surface area contributed by atoms with Gasteiger partial charge in [-0.3, -0.25) is 4.79 Å². The largest absolute Gasteiger partial charge is 0.394 e. The molecule has 1 fully saturated rings. The molecule has 1 heterocycles. The molecule has 1 atom stereocenters. The van der Waals surface area contributed by atoms with Crippen molar-refractivity contribution in [1.29, 1.82) is 0 Å². The molecule has 0 radical (unpaired) electrons. The van der Waals surface area contributed by atoms with Crippen LogP contribution in [0.5, 0.6) is 0 Å². The van der Waals surface area contributed by atoms with E-state index in [1.807, 2.05) is 0 Å². The summed E-state index contributed by atoms with van der Waals surface area (Å²) in [5.74, 6) is -0.283. The van der Waals surface area contributed by atoms with Crippen molar-refractivity contribution in [1.82, 2.24) is 5.32 Å². The van der Waals surface area contributed by atoms with Crippen LogP contribution in [0.4, 0.5) is 0 Å². The highest BCUT2D eigenvalue weighted by Gasteiger charge is 2.19. The van der Waals surface area contributed by atoms with Crippen molar-refractivity contribution in [3.05, 3.63) is 0 Å². The molecule has 13 heavy (non-hydrogen) atoms. The molecule has 0 spiro atoms. The lowest BCUT2D eigenvalue weighted by atomic mass is 10.1. The lowest BCUT2D eigenvalue weighted by Gasteiger charge is -2.24. The first-order valence-corrected chi connectivity index (χ1v) is 4.48.